The number of benzene rings is 2. The van der Waals surface area contributed by atoms with Crippen LogP contribution in [0.4, 0.5) is 4.39 Å². The van der Waals surface area contributed by atoms with Crippen molar-refractivity contribution in [2.24, 2.45) is 0 Å². The van der Waals surface area contributed by atoms with E-state index in [4.69, 9.17) is 4.74 Å². The molecule has 1 aliphatic heterocycles. The zero-order valence-corrected chi connectivity index (χ0v) is 19.3. The molecule has 33 heavy (non-hydrogen) atoms. The van der Waals surface area contributed by atoms with Crippen LogP contribution in [0.15, 0.2) is 54.6 Å². The maximum absolute atomic E-state index is 13.4. The van der Waals surface area contributed by atoms with Crippen LogP contribution in [0, 0.1) is 5.82 Å². The van der Waals surface area contributed by atoms with E-state index in [9.17, 15) is 9.18 Å². The van der Waals surface area contributed by atoms with Gasteiger partial charge in [-0.3, -0.25) is 14.8 Å². The van der Waals surface area contributed by atoms with E-state index in [0.29, 0.717) is 12.1 Å². The zero-order valence-electron chi connectivity index (χ0n) is 19.3. The summed E-state index contributed by atoms with van der Waals surface area (Å²) in [5.41, 5.74) is 4.34. The summed E-state index contributed by atoms with van der Waals surface area (Å²) in [6.07, 6.45) is 1.83. The Kier molecular flexibility index (Phi) is 7.52. The highest BCUT2D eigenvalue weighted by Crippen LogP contribution is 2.19. The van der Waals surface area contributed by atoms with Crippen LogP contribution in [0.1, 0.15) is 35.0 Å². The minimum atomic E-state index is -0.277. The Balaban J connectivity index is 1.25. The number of morpholine rings is 1. The lowest BCUT2D eigenvalue weighted by Crippen LogP contribution is -2.40. The maximum Gasteiger partial charge on any atom is 0.253 e. The normalized spacial score (nSPS) is 16.6. The average Bonchev–Trinajstić information content (AvgIpc) is 3.28. The predicted octanol–water partition coefficient (Wildman–Crippen LogP) is 4.14. The van der Waals surface area contributed by atoms with Gasteiger partial charge in [0.2, 0.25) is 0 Å². The second kappa shape index (κ2) is 10.7. The molecule has 2 heterocycles. The number of hydrogen-bond donors (Lipinski definition) is 1. The van der Waals surface area contributed by atoms with Crippen LogP contribution < -0.4 is 0 Å². The van der Waals surface area contributed by atoms with E-state index < -0.39 is 0 Å². The van der Waals surface area contributed by atoms with Crippen LogP contribution in [0.3, 0.4) is 0 Å². The molecule has 0 saturated carbocycles. The molecular weight excluding hydrogens is 419 g/mol. The van der Waals surface area contributed by atoms with Gasteiger partial charge in [-0.25, -0.2) is 4.39 Å². The first-order chi connectivity index (χ1) is 16.0. The smallest absolute Gasteiger partial charge is 0.253 e. The Bertz CT molecular complexity index is 1070. The molecular formula is C26H31FN4O2. The first-order valence-electron chi connectivity index (χ1n) is 11.5. The summed E-state index contributed by atoms with van der Waals surface area (Å²) in [7, 11) is 1.83. The molecule has 1 unspecified atom stereocenters. The van der Waals surface area contributed by atoms with Crippen LogP contribution in [-0.4, -0.2) is 65.3 Å². The van der Waals surface area contributed by atoms with Crippen molar-refractivity contribution in [3.63, 3.8) is 0 Å². The van der Waals surface area contributed by atoms with E-state index in [0.717, 1.165) is 56.0 Å². The maximum atomic E-state index is 13.4. The molecule has 1 amide bonds. The number of halogens is 1. The van der Waals surface area contributed by atoms with Crippen LogP contribution >= 0.6 is 0 Å². The molecule has 7 heteroatoms. The molecule has 0 aliphatic carbocycles. The minimum Gasteiger partial charge on any atom is -0.376 e. The number of nitrogens with zero attached hydrogens (tertiary/aromatic N) is 3. The van der Waals surface area contributed by atoms with Gasteiger partial charge in [-0.1, -0.05) is 24.3 Å². The SMILES string of the molecule is CC1CN(Cc2ccc(C(=O)N(C)CCCc3cc(-c4cccc(F)c4)n[nH]3)cc2)CCO1. The Hall–Kier alpha value is -3.03. The van der Waals surface area contributed by atoms with Gasteiger partial charge in [0.1, 0.15) is 5.82 Å². The molecule has 0 radical (unpaired) electrons. The third kappa shape index (κ3) is 6.27. The second-order valence-corrected chi connectivity index (χ2v) is 8.73. The second-order valence-electron chi connectivity index (χ2n) is 8.73. The average molecular weight is 451 g/mol. The molecule has 1 atom stereocenters. The lowest BCUT2D eigenvalue weighted by atomic mass is 10.1. The van der Waals surface area contributed by atoms with Gasteiger partial charge in [0, 0.05) is 50.0 Å². The Morgan fingerprint density at radius 3 is 2.82 bits per heavy atom. The fraction of sp³-hybridized carbons (Fsp3) is 0.385. The first kappa shape index (κ1) is 23.1. The number of carbonyl (C=O) groups excluding carboxylic acids is 1. The van der Waals surface area contributed by atoms with Crippen molar-refractivity contribution in [1.82, 2.24) is 20.0 Å². The monoisotopic (exact) mass is 450 g/mol. The summed E-state index contributed by atoms with van der Waals surface area (Å²) >= 11 is 0. The molecule has 4 rings (SSSR count). The Morgan fingerprint density at radius 2 is 2.06 bits per heavy atom. The zero-order chi connectivity index (χ0) is 23.2. The van der Waals surface area contributed by atoms with E-state index in [-0.39, 0.29) is 17.8 Å². The van der Waals surface area contributed by atoms with Gasteiger partial charge in [-0.15, -0.1) is 0 Å². The summed E-state index contributed by atoms with van der Waals surface area (Å²) < 4.78 is 19.0. The van der Waals surface area contributed by atoms with Crippen molar-refractivity contribution >= 4 is 5.91 Å². The van der Waals surface area contributed by atoms with Gasteiger partial charge >= 0.3 is 0 Å². The number of nitrogens with one attached hydrogen (secondary N) is 1. The lowest BCUT2D eigenvalue weighted by Gasteiger charge is -2.31. The van der Waals surface area contributed by atoms with E-state index in [2.05, 4.69) is 22.0 Å². The van der Waals surface area contributed by atoms with Crippen molar-refractivity contribution in [3.8, 4) is 11.3 Å². The summed E-state index contributed by atoms with van der Waals surface area (Å²) in [6.45, 7) is 6.25. The number of ether oxygens (including phenoxy) is 1. The highest BCUT2D eigenvalue weighted by Gasteiger charge is 2.17. The third-order valence-corrected chi connectivity index (χ3v) is 5.97. The fourth-order valence-electron chi connectivity index (χ4n) is 4.16. The standard InChI is InChI=1S/C26H31FN4O2/c1-19-17-31(13-14-33-19)18-20-8-10-21(11-9-20)26(32)30(2)12-4-7-24-16-25(29-28-24)22-5-3-6-23(27)15-22/h3,5-6,8-11,15-16,19H,4,7,12-14,17-18H2,1-2H3,(H,28,29). The highest BCUT2D eigenvalue weighted by molar-refractivity contribution is 5.94. The van der Waals surface area contributed by atoms with Gasteiger partial charge in [-0.2, -0.15) is 5.10 Å². The molecule has 6 nitrogen and oxygen atoms in total. The summed E-state index contributed by atoms with van der Waals surface area (Å²) in [6, 6.07) is 16.2. The quantitative estimate of drug-likeness (QED) is 0.560. The van der Waals surface area contributed by atoms with Crippen LogP contribution in [0.25, 0.3) is 11.3 Å². The number of amides is 1. The summed E-state index contributed by atoms with van der Waals surface area (Å²) in [5.74, 6) is -0.257. The van der Waals surface area contributed by atoms with Gasteiger partial charge in [-0.05, 0) is 55.7 Å². The van der Waals surface area contributed by atoms with Gasteiger partial charge in [0.25, 0.3) is 5.91 Å². The molecule has 2 aromatic carbocycles. The number of H-pyrrole nitrogens is 1. The van der Waals surface area contributed by atoms with Crippen molar-refractivity contribution < 1.29 is 13.9 Å². The van der Waals surface area contributed by atoms with E-state index in [1.54, 1.807) is 11.0 Å². The number of carbonyl (C=O) groups is 1. The Labute approximate surface area is 194 Å². The molecule has 3 aromatic rings. The van der Waals surface area contributed by atoms with Crippen LogP contribution in [0.2, 0.25) is 0 Å². The Morgan fingerprint density at radius 1 is 1.24 bits per heavy atom. The van der Waals surface area contributed by atoms with Gasteiger partial charge in [0.15, 0.2) is 0 Å². The first-order valence-corrected chi connectivity index (χ1v) is 11.5. The molecule has 1 aliphatic rings. The topological polar surface area (TPSA) is 61.5 Å². The molecule has 1 N–H and O–H groups in total. The van der Waals surface area contributed by atoms with E-state index in [1.807, 2.05) is 43.4 Å². The lowest BCUT2D eigenvalue weighted by molar-refractivity contribution is -0.0212. The largest absolute Gasteiger partial charge is 0.376 e. The van der Waals surface area contributed by atoms with E-state index in [1.165, 1.54) is 17.7 Å². The van der Waals surface area contributed by atoms with Crippen molar-refractivity contribution in [1.29, 1.82) is 0 Å². The molecule has 1 saturated heterocycles. The van der Waals surface area contributed by atoms with Crippen LogP contribution in [0.5, 0.6) is 0 Å². The predicted molar refractivity (Wildman–Crippen MR) is 126 cm³/mol. The van der Waals surface area contributed by atoms with Crippen molar-refractivity contribution in [2.45, 2.75) is 32.4 Å². The number of aryl methyl sites for hydroxylation is 1. The molecule has 1 fully saturated rings. The number of aromatic amines is 1. The number of aromatic nitrogens is 2. The van der Waals surface area contributed by atoms with Crippen LogP contribution in [-0.2, 0) is 17.7 Å². The third-order valence-electron chi connectivity index (χ3n) is 5.97. The summed E-state index contributed by atoms with van der Waals surface area (Å²) in [4.78, 5) is 16.9. The molecule has 0 bridgehead atoms. The molecule has 1 aromatic heterocycles. The number of hydrogen-bond acceptors (Lipinski definition) is 4. The van der Waals surface area contributed by atoms with Crippen molar-refractivity contribution in [2.75, 3.05) is 33.3 Å². The molecule has 0 spiro atoms. The van der Waals surface area contributed by atoms with Gasteiger partial charge < -0.3 is 9.64 Å². The van der Waals surface area contributed by atoms with Gasteiger partial charge in [0.05, 0.1) is 18.4 Å². The van der Waals surface area contributed by atoms with Crippen molar-refractivity contribution in [3.05, 3.63) is 77.2 Å². The molecule has 174 valence electrons. The minimum absolute atomic E-state index is 0.0200. The fourth-order valence-corrected chi connectivity index (χ4v) is 4.16. The highest BCUT2D eigenvalue weighted by atomic mass is 19.1. The number of rotatable bonds is 8. The summed E-state index contributed by atoms with van der Waals surface area (Å²) in [5, 5.41) is 7.29. The van der Waals surface area contributed by atoms with E-state index >= 15 is 0 Å².